The Labute approximate surface area is 203 Å². The number of aromatic nitrogens is 2. The van der Waals surface area contributed by atoms with Crippen LogP contribution in [0.4, 0.5) is 25.2 Å². The molecular weight excluding hydrogens is 452 g/mol. The number of nitrogens with two attached hydrogens (primary N) is 1. The first kappa shape index (κ1) is 24.6. The van der Waals surface area contributed by atoms with Crippen molar-refractivity contribution in [2.45, 2.75) is 58.4 Å². The maximum Gasteiger partial charge on any atom is 0.410 e. The van der Waals surface area contributed by atoms with E-state index in [1.807, 2.05) is 19.1 Å². The topological polar surface area (TPSA) is 93.4 Å². The van der Waals surface area contributed by atoms with Crippen LogP contribution in [0.15, 0.2) is 36.5 Å². The molecule has 2 unspecified atom stereocenters. The van der Waals surface area contributed by atoms with E-state index in [4.69, 9.17) is 10.5 Å². The lowest BCUT2D eigenvalue weighted by atomic mass is 9.98. The Morgan fingerprint density at radius 1 is 1.23 bits per heavy atom. The van der Waals surface area contributed by atoms with E-state index in [1.165, 1.54) is 11.0 Å². The van der Waals surface area contributed by atoms with Gasteiger partial charge in [-0.1, -0.05) is 13.0 Å². The highest BCUT2D eigenvalue weighted by Gasteiger charge is 2.33. The number of alkyl halides is 1. The molecule has 186 valence electrons. The van der Waals surface area contributed by atoms with Crippen molar-refractivity contribution >= 4 is 28.6 Å². The number of fused-ring (bicyclic) bond motifs is 1. The number of hydrogen-bond acceptors (Lipinski definition) is 6. The average Bonchev–Trinajstić information content (AvgIpc) is 2.78. The molecule has 1 amide bonds. The molecular formula is C26H31F2N5O2. The lowest BCUT2D eigenvalue weighted by Gasteiger charge is -2.36. The number of piperidine rings is 1. The minimum absolute atomic E-state index is 0.000159. The van der Waals surface area contributed by atoms with Crippen LogP contribution in [-0.4, -0.2) is 51.9 Å². The van der Waals surface area contributed by atoms with Gasteiger partial charge in [0.25, 0.3) is 0 Å². The van der Waals surface area contributed by atoms with Crippen molar-refractivity contribution in [2.75, 3.05) is 24.1 Å². The maximum atomic E-state index is 14.4. The number of carbonyl (C=O) groups excluding carboxylic acids is 1. The smallest absolute Gasteiger partial charge is 0.410 e. The van der Waals surface area contributed by atoms with Gasteiger partial charge in [0.1, 0.15) is 17.6 Å². The van der Waals surface area contributed by atoms with Gasteiger partial charge in [0.2, 0.25) is 5.95 Å². The molecule has 0 spiro atoms. The summed E-state index contributed by atoms with van der Waals surface area (Å²) in [5.41, 5.74) is 8.36. The van der Waals surface area contributed by atoms with E-state index in [1.54, 1.807) is 39.1 Å². The number of aryl methyl sites for hydroxylation is 1. The second kappa shape index (κ2) is 9.64. The number of halogens is 2. The fourth-order valence-electron chi connectivity index (χ4n) is 4.23. The van der Waals surface area contributed by atoms with Gasteiger partial charge in [-0.3, -0.25) is 0 Å². The van der Waals surface area contributed by atoms with Crippen LogP contribution in [0.5, 0.6) is 0 Å². The van der Waals surface area contributed by atoms with Gasteiger partial charge >= 0.3 is 6.09 Å². The van der Waals surface area contributed by atoms with Gasteiger partial charge in [0, 0.05) is 30.6 Å². The number of anilines is 2. The first-order valence-corrected chi connectivity index (χ1v) is 11.8. The number of carbonyl (C=O) groups is 1. The van der Waals surface area contributed by atoms with E-state index in [0.29, 0.717) is 24.5 Å². The van der Waals surface area contributed by atoms with Crippen molar-refractivity contribution in [3.63, 3.8) is 0 Å². The Morgan fingerprint density at radius 2 is 2.00 bits per heavy atom. The highest BCUT2D eigenvalue weighted by atomic mass is 19.1. The zero-order valence-electron chi connectivity index (χ0n) is 20.4. The lowest BCUT2D eigenvalue weighted by Crippen LogP contribution is -2.51. The third-order valence-corrected chi connectivity index (χ3v) is 5.86. The number of hydrogen-bond donors (Lipinski definition) is 2. The summed E-state index contributed by atoms with van der Waals surface area (Å²) in [4.78, 5) is 22.9. The largest absolute Gasteiger partial charge is 0.444 e. The normalized spacial score (nSPS) is 18.5. The Morgan fingerprint density at radius 3 is 2.69 bits per heavy atom. The second-order valence-corrected chi connectivity index (χ2v) is 9.92. The highest BCUT2D eigenvalue weighted by Crippen LogP contribution is 2.29. The molecule has 1 fully saturated rings. The molecule has 2 aromatic carbocycles. The molecule has 1 aliphatic heterocycles. The zero-order valence-corrected chi connectivity index (χ0v) is 20.4. The number of ether oxygens (including phenoxy) is 1. The van der Waals surface area contributed by atoms with Gasteiger partial charge in [-0.2, -0.15) is 0 Å². The lowest BCUT2D eigenvalue weighted by molar-refractivity contribution is 0.0124. The van der Waals surface area contributed by atoms with Crippen LogP contribution in [0.25, 0.3) is 22.0 Å². The van der Waals surface area contributed by atoms with Gasteiger partial charge in [-0.05, 0) is 68.1 Å². The molecule has 0 radical (unpaired) electrons. The predicted molar refractivity (Wildman–Crippen MR) is 133 cm³/mol. The average molecular weight is 484 g/mol. The van der Waals surface area contributed by atoms with Crippen LogP contribution in [0.3, 0.4) is 0 Å². The zero-order chi connectivity index (χ0) is 25.3. The van der Waals surface area contributed by atoms with Crippen LogP contribution in [0, 0.1) is 5.82 Å². The summed E-state index contributed by atoms with van der Waals surface area (Å²) in [7, 11) is 0. The van der Waals surface area contributed by atoms with Crippen LogP contribution in [0.1, 0.15) is 39.7 Å². The molecule has 35 heavy (non-hydrogen) atoms. The molecule has 2 heterocycles. The summed E-state index contributed by atoms with van der Waals surface area (Å²) in [5, 5.41) is 4.00. The second-order valence-electron chi connectivity index (χ2n) is 9.92. The number of nitrogen functional groups attached to an aromatic ring is 1. The molecule has 0 aliphatic carbocycles. The molecule has 1 saturated heterocycles. The van der Waals surface area contributed by atoms with Crippen molar-refractivity contribution in [1.29, 1.82) is 0 Å². The summed E-state index contributed by atoms with van der Waals surface area (Å²) in [6.07, 6.45) is 0.931. The van der Waals surface area contributed by atoms with Crippen molar-refractivity contribution in [3.05, 3.63) is 47.9 Å². The van der Waals surface area contributed by atoms with Gasteiger partial charge < -0.3 is 20.7 Å². The van der Waals surface area contributed by atoms with E-state index in [2.05, 4.69) is 15.3 Å². The van der Waals surface area contributed by atoms with E-state index in [9.17, 15) is 13.6 Å². The highest BCUT2D eigenvalue weighted by molar-refractivity contribution is 5.88. The molecule has 2 atom stereocenters. The van der Waals surface area contributed by atoms with E-state index >= 15 is 0 Å². The first-order chi connectivity index (χ1) is 16.5. The third kappa shape index (κ3) is 5.78. The Kier molecular flexibility index (Phi) is 6.78. The SMILES string of the molecule is CCc1cc(-c2ccc(N)c(F)c2)cc2cnc(NC3CC(F)CN(C(=O)OC(C)(C)C)C3)nc12. The molecule has 1 aromatic heterocycles. The molecule has 0 bridgehead atoms. The summed E-state index contributed by atoms with van der Waals surface area (Å²) < 4.78 is 33.9. The molecule has 1 aliphatic rings. The molecule has 4 rings (SSSR count). The number of nitrogens with one attached hydrogen (secondary N) is 1. The van der Waals surface area contributed by atoms with Crippen LogP contribution >= 0.6 is 0 Å². The molecule has 0 saturated carbocycles. The Balaban J connectivity index is 1.57. The fraction of sp³-hybridized carbons (Fsp3) is 0.423. The molecule has 3 N–H and O–H groups in total. The number of benzene rings is 2. The van der Waals surface area contributed by atoms with Crippen molar-refractivity contribution < 1.29 is 18.3 Å². The van der Waals surface area contributed by atoms with Gasteiger partial charge in [-0.15, -0.1) is 0 Å². The number of likely N-dealkylation sites (tertiary alicyclic amines) is 1. The Hall–Kier alpha value is -3.49. The fourth-order valence-corrected chi connectivity index (χ4v) is 4.23. The summed E-state index contributed by atoms with van der Waals surface area (Å²) in [5.74, 6) is -0.0998. The number of amides is 1. The van der Waals surface area contributed by atoms with Crippen molar-refractivity contribution in [3.8, 4) is 11.1 Å². The van der Waals surface area contributed by atoms with Crippen LogP contribution in [-0.2, 0) is 11.2 Å². The summed E-state index contributed by atoms with van der Waals surface area (Å²) in [6, 6.07) is 8.28. The monoisotopic (exact) mass is 483 g/mol. The van der Waals surface area contributed by atoms with Gasteiger partial charge in [-0.25, -0.2) is 23.5 Å². The maximum absolute atomic E-state index is 14.4. The quantitative estimate of drug-likeness (QED) is 0.487. The number of nitrogens with zero attached hydrogens (tertiary/aromatic N) is 3. The van der Waals surface area contributed by atoms with Gasteiger partial charge in [0.15, 0.2) is 0 Å². The standard InChI is InChI=1S/C26H31F2N5O2/c1-5-15-8-17(16-6-7-22(29)21(28)10-16)9-18-12-30-24(32-23(15)18)31-20-11-19(27)13-33(14-20)25(34)35-26(2,3)4/h6-10,12,19-20H,5,11,13-14,29H2,1-4H3,(H,30,31,32). The minimum atomic E-state index is -1.18. The number of rotatable bonds is 4. The van der Waals surface area contributed by atoms with E-state index in [0.717, 1.165) is 22.0 Å². The van der Waals surface area contributed by atoms with Crippen LogP contribution in [0.2, 0.25) is 0 Å². The minimum Gasteiger partial charge on any atom is -0.444 e. The van der Waals surface area contributed by atoms with E-state index < -0.39 is 23.7 Å². The predicted octanol–water partition coefficient (Wildman–Crippen LogP) is 5.34. The van der Waals surface area contributed by atoms with Gasteiger partial charge in [0.05, 0.1) is 17.7 Å². The summed E-state index contributed by atoms with van der Waals surface area (Å²) in [6.45, 7) is 7.65. The molecule has 9 heteroatoms. The third-order valence-electron chi connectivity index (χ3n) is 5.86. The van der Waals surface area contributed by atoms with Crippen molar-refractivity contribution in [2.24, 2.45) is 0 Å². The molecule has 7 nitrogen and oxygen atoms in total. The van der Waals surface area contributed by atoms with Crippen molar-refractivity contribution in [1.82, 2.24) is 14.9 Å². The Bertz CT molecular complexity index is 1240. The first-order valence-electron chi connectivity index (χ1n) is 11.8. The summed E-state index contributed by atoms with van der Waals surface area (Å²) >= 11 is 0. The van der Waals surface area contributed by atoms with Crippen LogP contribution < -0.4 is 11.1 Å². The van der Waals surface area contributed by atoms with E-state index in [-0.39, 0.29) is 24.7 Å². The molecule has 3 aromatic rings.